The molecule has 3 N–H and O–H groups in total. The van der Waals surface area contributed by atoms with Crippen molar-refractivity contribution in [2.75, 3.05) is 18.5 Å². The predicted octanol–water partition coefficient (Wildman–Crippen LogP) is 2.46. The molecule has 0 aliphatic heterocycles. The molecule has 0 fully saturated rings. The Kier molecular flexibility index (Phi) is 5.51. The van der Waals surface area contributed by atoms with Crippen LogP contribution >= 0.6 is 0 Å². The molecular weight excluding hydrogens is 300 g/mol. The highest BCUT2D eigenvalue weighted by molar-refractivity contribution is 5.57. The summed E-state index contributed by atoms with van der Waals surface area (Å²) in [7, 11) is 0. The molecule has 0 bridgehead atoms. The van der Waals surface area contributed by atoms with E-state index in [9.17, 15) is 15.2 Å². The van der Waals surface area contributed by atoms with Gasteiger partial charge in [-0.1, -0.05) is 18.2 Å². The van der Waals surface area contributed by atoms with Crippen molar-refractivity contribution in [3.63, 3.8) is 0 Å². The molecule has 2 aromatic carbocycles. The normalized spacial score (nSPS) is 11.8. The van der Waals surface area contributed by atoms with Crippen LogP contribution in [-0.2, 0) is 0 Å². The minimum Gasteiger partial charge on any atom is -0.457 e. The molecule has 0 radical (unpaired) electrons. The summed E-state index contributed by atoms with van der Waals surface area (Å²) in [6.07, 6.45) is -0.949. The minimum atomic E-state index is -0.949. The fourth-order valence-electron chi connectivity index (χ4n) is 1.95. The van der Waals surface area contributed by atoms with Gasteiger partial charge in [-0.05, 0) is 18.6 Å². The third-order valence-electron chi connectivity index (χ3n) is 3.18. The van der Waals surface area contributed by atoms with Gasteiger partial charge < -0.3 is 20.3 Å². The number of aliphatic hydroxyl groups excluding tert-OH is 2. The summed E-state index contributed by atoms with van der Waals surface area (Å²) in [5.74, 6) is 0.920. The predicted molar refractivity (Wildman–Crippen MR) is 85.9 cm³/mol. The Morgan fingerprint density at radius 1 is 1.30 bits per heavy atom. The average Bonchev–Trinajstić information content (AvgIpc) is 2.54. The first-order valence-corrected chi connectivity index (χ1v) is 7.05. The van der Waals surface area contributed by atoms with E-state index in [2.05, 4.69) is 5.32 Å². The second-order valence-corrected chi connectivity index (χ2v) is 5.06. The fraction of sp³-hybridized carbons (Fsp3) is 0.250. The lowest BCUT2D eigenvalue weighted by Crippen LogP contribution is -2.22. The largest absolute Gasteiger partial charge is 0.457 e. The second kappa shape index (κ2) is 7.57. The van der Waals surface area contributed by atoms with Crippen LogP contribution < -0.4 is 10.1 Å². The molecule has 0 spiro atoms. The van der Waals surface area contributed by atoms with E-state index < -0.39 is 17.6 Å². The Bertz CT molecular complexity index is 690. The molecule has 0 heterocycles. The topological polar surface area (TPSA) is 105 Å². The lowest BCUT2D eigenvalue weighted by molar-refractivity contribution is -0.384. The van der Waals surface area contributed by atoms with Crippen LogP contribution in [0, 0.1) is 17.0 Å². The van der Waals surface area contributed by atoms with Crippen molar-refractivity contribution in [2.45, 2.75) is 13.0 Å². The molecule has 0 saturated carbocycles. The molecule has 0 amide bonds. The SMILES string of the molecule is Cc1ccccc1Oc1cc(NCC(O)CO)cc([N+](=O)[O-])c1. The smallest absolute Gasteiger partial charge is 0.275 e. The molecule has 0 saturated heterocycles. The number of nitrogens with zero attached hydrogens (tertiary/aromatic N) is 1. The van der Waals surface area contributed by atoms with Gasteiger partial charge in [0.25, 0.3) is 5.69 Å². The van der Waals surface area contributed by atoms with Crippen molar-refractivity contribution in [1.82, 2.24) is 0 Å². The second-order valence-electron chi connectivity index (χ2n) is 5.06. The maximum atomic E-state index is 11.1. The molecular formula is C16H18N2O5. The van der Waals surface area contributed by atoms with Crippen LogP contribution in [0.25, 0.3) is 0 Å². The Labute approximate surface area is 133 Å². The van der Waals surface area contributed by atoms with Gasteiger partial charge in [-0.2, -0.15) is 0 Å². The van der Waals surface area contributed by atoms with Crippen molar-refractivity contribution in [3.8, 4) is 11.5 Å². The molecule has 1 atom stereocenters. The van der Waals surface area contributed by atoms with Crippen molar-refractivity contribution in [2.24, 2.45) is 0 Å². The third-order valence-corrected chi connectivity index (χ3v) is 3.18. The van der Waals surface area contributed by atoms with Gasteiger partial charge in [0, 0.05) is 24.4 Å². The van der Waals surface area contributed by atoms with E-state index in [0.29, 0.717) is 17.2 Å². The number of aliphatic hydroxyl groups is 2. The molecule has 0 aliphatic rings. The van der Waals surface area contributed by atoms with Crippen LogP contribution in [-0.4, -0.2) is 34.4 Å². The molecule has 23 heavy (non-hydrogen) atoms. The summed E-state index contributed by atoms with van der Waals surface area (Å²) in [5.41, 5.74) is 1.21. The van der Waals surface area contributed by atoms with Crippen LogP contribution in [0.1, 0.15) is 5.56 Å². The molecule has 1 unspecified atom stereocenters. The number of anilines is 1. The van der Waals surface area contributed by atoms with Crippen molar-refractivity contribution < 1.29 is 19.9 Å². The van der Waals surface area contributed by atoms with Crippen LogP contribution in [0.3, 0.4) is 0 Å². The van der Waals surface area contributed by atoms with Crippen LogP contribution in [0.4, 0.5) is 11.4 Å². The summed E-state index contributed by atoms with van der Waals surface area (Å²) >= 11 is 0. The van der Waals surface area contributed by atoms with Crippen molar-refractivity contribution in [3.05, 3.63) is 58.1 Å². The zero-order valence-corrected chi connectivity index (χ0v) is 12.6. The lowest BCUT2D eigenvalue weighted by atomic mass is 10.2. The first-order chi connectivity index (χ1) is 11.0. The van der Waals surface area contributed by atoms with E-state index in [1.807, 2.05) is 25.1 Å². The van der Waals surface area contributed by atoms with Gasteiger partial charge in [0.2, 0.25) is 0 Å². The number of non-ortho nitro benzene ring substituents is 1. The average molecular weight is 318 g/mol. The zero-order valence-electron chi connectivity index (χ0n) is 12.6. The van der Waals surface area contributed by atoms with Gasteiger partial charge >= 0.3 is 0 Å². The maximum absolute atomic E-state index is 11.1. The number of nitrogens with one attached hydrogen (secondary N) is 1. The van der Waals surface area contributed by atoms with Crippen LogP contribution in [0.15, 0.2) is 42.5 Å². The number of nitro benzene ring substituents is 1. The minimum absolute atomic E-state index is 0.0709. The number of nitro groups is 1. The highest BCUT2D eigenvalue weighted by atomic mass is 16.6. The van der Waals surface area contributed by atoms with E-state index in [0.717, 1.165) is 5.56 Å². The molecule has 0 aliphatic carbocycles. The highest BCUT2D eigenvalue weighted by Gasteiger charge is 2.12. The molecule has 7 nitrogen and oxygen atoms in total. The summed E-state index contributed by atoms with van der Waals surface area (Å²) in [6.45, 7) is 1.55. The van der Waals surface area contributed by atoms with Crippen molar-refractivity contribution >= 4 is 11.4 Å². The Morgan fingerprint density at radius 2 is 2.04 bits per heavy atom. The van der Waals surface area contributed by atoms with Crippen molar-refractivity contribution in [1.29, 1.82) is 0 Å². The van der Waals surface area contributed by atoms with Gasteiger partial charge in [-0.3, -0.25) is 10.1 Å². The number of aryl methyl sites for hydroxylation is 1. The number of hydrogen-bond donors (Lipinski definition) is 3. The maximum Gasteiger partial charge on any atom is 0.275 e. The van der Waals surface area contributed by atoms with Gasteiger partial charge in [-0.25, -0.2) is 0 Å². The summed E-state index contributed by atoms with van der Waals surface area (Å²) in [4.78, 5) is 10.5. The first-order valence-electron chi connectivity index (χ1n) is 7.05. The van der Waals surface area contributed by atoms with Gasteiger partial charge in [0.05, 0.1) is 23.7 Å². The molecule has 7 heteroatoms. The van der Waals surface area contributed by atoms with Gasteiger partial charge in [0.1, 0.15) is 11.5 Å². The van der Waals surface area contributed by atoms with E-state index in [4.69, 9.17) is 9.84 Å². The Balaban J connectivity index is 2.26. The van der Waals surface area contributed by atoms with E-state index in [-0.39, 0.29) is 12.2 Å². The van der Waals surface area contributed by atoms with E-state index in [1.165, 1.54) is 12.1 Å². The summed E-state index contributed by atoms with van der Waals surface area (Å²) < 4.78 is 5.72. The van der Waals surface area contributed by atoms with Gasteiger partial charge in [0.15, 0.2) is 0 Å². The standard InChI is InChI=1S/C16H18N2O5/c1-11-4-2-3-5-16(11)23-15-7-12(17-9-14(20)10-19)6-13(8-15)18(21)22/h2-8,14,17,19-20H,9-10H2,1H3. The molecule has 122 valence electrons. The number of rotatable bonds is 7. The van der Waals surface area contributed by atoms with E-state index >= 15 is 0 Å². The summed E-state index contributed by atoms with van der Waals surface area (Å²) in [5, 5.41) is 32.1. The zero-order chi connectivity index (χ0) is 16.8. The molecule has 2 aromatic rings. The number of para-hydroxylation sites is 1. The molecule has 0 aromatic heterocycles. The number of ether oxygens (including phenoxy) is 1. The van der Waals surface area contributed by atoms with E-state index in [1.54, 1.807) is 12.1 Å². The van der Waals surface area contributed by atoms with Gasteiger partial charge in [-0.15, -0.1) is 0 Å². The lowest BCUT2D eigenvalue weighted by Gasteiger charge is -2.13. The quantitative estimate of drug-likeness (QED) is 0.535. The summed E-state index contributed by atoms with van der Waals surface area (Å²) in [6, 6.07) is 11.6. The first kappa shape index (κ1) is 16.7. The Hall–Kier alpha value is -2.64. The number of benzene rings is 2. The monoisotopic (exact) mass is 318 g/mol. The number of hydrogen-bond acceptors (Lipinski definition) is 6. The molecule has 2 rings (SSSR count). The Morgan fingerprint density at radius 3 is 2.70 bits per heavy atom. The third kappa shape index (κ3) is 4.67. The highest BCUT2D eigenvalue weighted by Crippen LogP contribution is 2.31. The fourth-order valence-corrected chi connectivity index (χ4v) is 1.95. The van der Waals surface area contributed by atoms with Crippen LogP contribution in [0.2, 0.25) is 0 Å². The van der Waals surface area contributed by atoms with Crippen LogP contribution in [0.5, 0.6) is 11.5 Å².